The van der Waals surface area contributed by atoms with Crippen LogP contribution in [0.1, 0.15) is 12.0 Å². The molecule has 0 unspecified atom stereocenters. The summed E-state index contributed by atoms with van der Waals surface area (Å²) in [5.41, 5.74) is 0.601. The van der Waals surface area contributed by atoms with Gasteiger partial charge in [0, 0.05) is 6.54 Å². The third kappa shape index (κ3) is 3.40. The second-order valence-electron chi connectivity index (χ2n) is 4.58. The van der Waals surface area contributed by atoms with Crippen LogP contribution in [0.3, 0.4) is 0 Å². The minimum Gasteiger partial charge on any atom is -0.348 e. The first-order chi connectivity index (χ1) is 9.51. The van der Waals surface area contributed by atoms with Gasteiger partial charge >= 0.3 is 0 Å². The third-order valence-corrected chi connectivity index (χ3v) is 2.99. The Labute approximate surface area is 114 Å². The van der Waals surface area contributed by atoms with Gasteiger partial charge in [-0.2, -0.15) is 0 Å². The van der Waals surface area contributed by atoms with Crippen LogP contribution in [-0.4, -0.2) is 18.0 Å². The van der Waals surface area contributed by atoms with Gasteiger partial charge in [0.05, 0.1) is 11.6 Å². The molecule has 2 N–H and O–H groups in total. The molecule has 0 saturated heterocycles. The quantitative estimate of drug-likeness (QED) is 0.810. The van der Waals surface area contributed by atoms with E-state index in [1.807, 2.05) is 0 Å². The Balaban J connectivity index is 2.02. The Bertz CT molecular complexity index is 560. The first kappa shape index (κ1) is 14.2. The van der Waals surface area contributed by atoms with Gasteiger partial charge in [0.2, 0.25) is 11.8 Å². The van der Waals surface area contributed by atoms with Crippen LogP contribution in [0.4, 0.5) is 14.5 Å². The van der Waals surface area contributed by atoms with Crippen molar-refractivity contribution in [3.05, 3.63) is 42.2 Å². The Morgan fingerprint density at radius 1 is 1.45 bits per heavy atom. The monoisotopic (exact) mass is 280 g/mol. The van der Waals surface area contributed by atoms with E-state index in [9.17, 15) is 18.4 Å². The molecule has 1 saturated carbocycles. The zero-order valence-electron chi connectivity index (χ0n) is 10.7. The van der Waals surface area contributed by atoms with E-state index in [4.69, 9.17) is 0 Å². The number of amides is 2. The van der Waals surface area contributed by atoms with Crippen LogP contribution in [0.5, 0.6) is 0 Å². The van der Waals surface area contributed by atoms with Crippen LogP contribution in [-0.2, 0) is 16.1 Å². The summed E-state index contributed by atoms with van der Waals surface area (Å²) in [5, 5.41) is 4.90. The third-order valence-electron chi connectivity index (χ3n) is 2.99. The van der Waals surface area contributed by atoms with E-state index < -0.39 is 23.8 Å². The molecule has 0 radical (unpaired) electrons. The normalized spacial score (nSPS) is 20.1. The number of hydrogen-bond donors (Lipinski definition) is 2. The fourth-order valence-electron chi connectivity index (χ4n) is 1.70. The van der Waals surface area contributed by atoms with Crippen molar-refractivity contribution in [3.63, 3.8) is 0 Å². The number of halogens is 2. The highest BCUT2D eigenvalue weighted by atomic mass is 19.1. The number of benzene rings is 1. The van der Waals surface area contributed by atoms with E-state index in [0.29, 0.717) is 5.56 Å². The maximum atomic E-state index is 13.6. The van der Waals surface area contributed by atoms with Crippen LogP contribution in [0.15, 0.2) is 30.9 Å². The zero-order chi connectivity index (χ0) is 14.7. The van der Waals surface area contributed by atoms with E-state index in [0.717, 1.165) is 6.08 Å². The summed E-state index contributed by atoms with van der Waals surface area (Å²) < 4.78 is 26.3. The number of carbonyl (C=O) groups is 2. The molecule has 4 nitrogen and oxygen atoms in total. The number of rotatable bonds is 5. The van der Waals surface area contributed by atoms with E-state index in [-0.39, 0.29) is 24.6 Å². The maximum Gasteiger partial charge on any atom is 0.243 e. The zero-order valence-corrected chi connectivity index (χ0v) is 10.7. The van der Waals surface area contributed by atoms with E-state index in [2.05, 4.69) is 17.2 Å². The topological polar surface area (TPSA) is 58.2 Å². The minimum atomic E-state index is -1.13. The number of hydrogen-bond acceptors (Lipinski definition) is 2. The first-order valence-electron chi connectivity index (χ1n) is 6.15. The molecule has 2 rings (SSSR count). The minimum absolute atomic E-state index is 0.0144. The predicted octanol–water partition coefficient (Wildman–Crippen LogP) is 1.92. The molecule has 1 fully saturated rings. The molecule has 0 heterocycles. The lowest BCUT2D eigenvalue weighted by Crippen LogP contribution is -2.20. The summed E-state index contributed by atoms with van der Waals surface area (Å²) in [4.78, 5) is 22.6. The predicted molar refractivity (Wildman–Crippen MR) is 70.1 cm³/mol. The van der Waals surface area contributed by atoms with Gasteiger partial charge < -0.3 is 10.6 Å². The summed E-state index contributed by atoms with van der Waals surface area (Å²) in [6, 6.07) is 4.08. The van der Waals surface area contributed by atoms with Crippen LogP contribution in [0.2, 0.25) is 0 Å². The molecule has 0 aliphatic heterocycles. The Hall–Kier alpha value is -2.24. The van der Waals surface area contributed by atoms with Crippen LogP contribution in [0, 0.1) is 11.7 Å². The summed E-state index contributed by atoms with van der Waals surface area (Å²) in [5.74, 6) is -2.16. The highest BCUT2D eigenvalue weighted by molar-refractivity contribution is 5.95. The van der Waals surface area contributed by atoms with Crippen molar-refractivity contribution < 1.29 is 18.4 Å². The van der Waals surface area contributed by atoms with Crippen molar-refractivity contribution in [1.29, 1.82) is 0 Å². The Morgan fingerprint density at radius 2 is 2.15 bits per heavy atom. The number of carbonyl (C=O) groups excluding carboxylic acids is 2. The van der Waals surface area contributed by atoms with Gasteiger partial charge in [0.15, 0.2) is 0 Å². The number of alkyl halides is 1. The lowest BCUT2D eigenvalue weighted by Gasteiger charge is -2.09. The fraction of sp³-hybridized carbons (Fsp3) is 0.286. The van der Waals surface area contributed by atoms with Crippen molar-refractivity contribution in [1.82, 2.24) is 5.32 Å². The molecular weight excluding hydrogens is 266 g/mol. The largest absolute Gasteiger partial charge is 0.348 e. The SMILES string of the molecule is C=CC(=O)NCc1ccc(F)c(NC(=O)[C@@H]2C[C@@H]2F)c1. The Morgan fingerprint density at radius 3 is 2.75 bits per heavy atom. The summed E-state index contributed by atoms with van der Waals surface area (Å²) in [7, 11) is 0. The molecule has 0 aromatic heterocycles. The lowest BCUT2D eigenvalue weighted by molar-refractivity contribution is -0.118. The van der Waals surface area contributed by atoms with Crippen molar-refractivity contribution in [2.75, 3.05) is 5.32 Å². The molecule has 1 aromatic carbocycles. The molecular formula is C14H14F2N2O2. The Kier molecular flexibility index (Phi) is 4.12. The summed E-state index contributed by atoms with van der Waals surface area (Å²) in [6.45, 7) is 3.50. The van der Waals surface area contributed by atoms with Gasteiger partial charge in [-0.05, 0) is 30.2 Å². The summed E-state index contributed by atoms with van der Waals surface area (Å²) in [6.07, 6.45) is 0.177. The van der Waals surface area contributed by atoms with Gasteiger partial charge in [0.1, 0.15) is 12.0 Å². The average Bonchev–Trinajstić information content (AvgIpc) is 3.16. The smallest absolute Gasteiger partial charge is 0.243 e. The molecule has 0 bridgehead atoms. The molecule has 6 heteroatoms. The molecule has 1 aliphatic rings. The highest BCUT2D eigenvalue weighted by Gasteiger charge is 2.43. The molecule has 106 valence electrons. The first-order valence-corrected chi connectivity index (χ1v) is 6.15. The van der Waals surface area contributed by atoms with Crippen molar-refractivity contribution in [2.45, 2.75) is 19.1 Å². The van der Waals surface area contributed by atoms with E-state index in [1.165, 1.54) is 18.2 Å². The summed E-state index contributed by atoms with van der Waals surface area (Å²) >= 11 is 0. The van der Waals surface area contributed by atoms with E-state index >= 15 is 0 Å². The molecule has 2 atom stereocenters. The van der Waals surface area contributed by atoms with E-state index in [1.54, 1.807) is 0 Å². The second kappa shape index (κ2) is 5.81. The van der Waals surface area contributed by atoms with Crippen molar-refractivity contribution >= 4 is 17.5 Å². The van der Waals surface area contributed by atoms with Crippen LogP contribution < -0.4 is 10.6 Å². The number of anilines is 1. The lowest BCUT2D eigenvalue weighted by atomic mass is 10.2. The van der Waals surface area contributed by atoms with Gasteiger partial charge in [-0.3, -0.25) is 9.59 Å². The van der Waals surface area contributed by atoms with Crippen LogP contribution >= 0.6 is 0 Å². The molecule has 1 aliphatic carbocycles. The van der Waals surface area contributed by atoms with Gasteiger partial charge in [-0.15, -0.1) is 0 Å². The standard InChI is InChI=1S/C14H14F2N2O2/c1-2-13(19)17-7-8-3-4-10(15)12(5-8)18-14(20)9-6-11(9)16/h2-5,9,11H,1,6-7H2,(H,17,19)(H,18,20)/t9-,11+/m1/s1. The molecule has 20 heavy (non-hydrogen) atoms. The maximum absolute atomic E-state index is 13.6. The van der Waals surface area contributed by atoms with Crippen molar-refractivity contribution in [3.8, 4) is 0 Å². The molecule has 2 amide bonds. The number of nitrogens with one attached hydrogen (secondary N) is 2. The van der Waals surface area contributed by atoms with Gasteiger partial charge in [-0.25, -0.2) is 8.78 Å². The van der Waals surface area contributed by atoms with Gasteiger partial charge in [0.25, 0.3) is 0 Å². The fourth-order valence-corrected chi connectivity index (χ4v) is 1.70. The van der Waals surface area contributed by atoms with Crippen molar-refractivity contribution in [2.24, 2.45) is 5.92 Å². The average molecular weight is 280 g/mol. The molecule has 0 spiro atoms. The molecule has 1 aromatic rings. The van der Waals surface area contributed by atoms with Gasteiger partial charge in [-0.1, -0.05) is 12.6 Å². The highest BCUT2D eigenvalue weighted by Crippen LogP contribution is 2.35. The second-order valence-corrected chi connectivity index (χ2v) is 4.58. The van der Waals surface area contributed by atoms with Crippen LogP contribution in [0.25, 0.3) is 0 Å².